The Balaban J connectivity index is 2.25. The minimum Gasteiger partial charge on any atom is -0.447 e. The van der Waals surface area contributed by atoms with E-state index < -0.39 is 6.09 Å². The van der Waals surface area contributed by atoms with Crippen molar-refractivity contribution >= 4 is 12.0 Å². The SMILES string of the molecule is Cc1ccc([C@@H](C)C(=O)N2C(=O)OC[C@H]2C(C)C)cc1C. The number of imide groups is 1. The van der Waals surface area contributed by atoms with Gasteiger partial charge in [-0.05, 0) is 43.4 Å². The lowest BCUT2D eigenvalue weighted by Gasteiger charge is -2.25. The highest BCUT2D eigenvalue weighted by Gasteiger charge is 2.41. The summed E-state index contributed by atoms with van der Waals surface area (Å²) in [7, 11) is 0. The first-order chi connectivity index (χ1) is 9.82. The second kappa shape index (κ2) is 5.88. The lowest BCUT2D eigenvalue weighted by molar-refractivity contribution is -0.131. The van der Waals surface area contributed by atoms with Gasteiger partial charge in [0.2, 0.25) is 5.91 Å². The van der Waals surface area contributed by atoms with Gasteiger partial charge in [0, 0.05) is 0 Å². The van der Waals surface area contributed by atoms with Crippen molar-refractivity contribution in [1.82, 2.24) is 4.90 Å². The van der Waals surface area contributed by atoms with E-state index in [1.807, 2.05) is 52.8 Å². The molecule has 1 heterocycles. The predicted molar refractivity (Wildman–Crippen MR) is 81.2 cm³/mol. The molecule has 1 aliphatic rings. The van der Waals surface area contributed by atoms with E-state index >= 15 is 0 Å². The molecule has 0 aliphatic carbocycles. The van der Waals surface area contributed by atoms with E-state index in [1.54, 1.807) is 0 Å². The lowest BCUT2D eigenvalue weighted by atomic mass is 9.94. The molecule has 2 rings (SSSR count). The maximum Gasteiger partial charge on any atom is 0.417 e. The Hall–Kier alpha value is -1.84. The summed E-state index contributed by atoms with van der Waals surface area (Å²) < 4.78 is 5.06. The fourth-order valence-corrected chi connectivity index (χ4v) is 2.57. The van der Waals surface area contributed by atoms with Gasteiger partial charge < -0.3 is 4.74 Å². The molecule has 2 amide bonds. The van der Waals surface area contributed by atoms with Gasteiger partial charge in [-0.2, -0.15) is 0 Å². The van der Waals surface area contributed by atoms with E-state index in [0.717, 1.165) is 11.1 Å². The van der Waals surface area contributed by atoms with Crippen LogP contribution in [0.2, 0.25) is 0 Å². The first-order valence-electron chi connectivity index (χ1n) is 7.40. The Labute approximate surface area is 126 Å². The molecular weight excluding hydrogens is 266 g/mol. The number of aryl methyl sites for hydroxylation is 2. The summed E-state index contributed by atoms with van der Waals surface area (Å²) >= 11 is 0. The van der Waals surface area contributed by atoms with E-state index in [2.05, 4.69) is 0 Å². The molecule has 1 fully saturated rings. The van der Waals surface area contributed by atoms with Gasteiger partial charge in [-0.15, -0.1) is 0 Å². The number of hydrogen-bond donors (Lipinski definition) is 0. The molecule has 0 spiro atoms. The first-order valence-corrected chi connectivity index (χ1v) is 7.40. The van der Waals surface area contributed by atoms with E-state index in [-0.39, 0.29) is 23.8 Å². The van der Waals surface area contributed by atoms with Crippen molar-refractivity contribution in [3.8, 4) is 0 Å². The molecule has 21 heavy (non-hydrogen) atoms. The zero-order valence-corrected chi connectivity index (χ0v) is 13.3. The van der Waals surface area contributed by atoms with Gasteiger partial charge in [0.25, 0.3) is 0 Å². The van der Waals surface area contributed by atoms with Gasteiger partial charge >= 0.3 is 6.09 Å². The average molecular weight is 289 g/mol. The van der Waals surface area contributed by atoms with Crippen molar-refractivity contribution in [2.24, 2.45) is 5.92 Å². The zero-order chi connectivity index (χ0) is 15.7. The molecular formula is C17H23NO3. The van der Waals surface area contributed by atoms with E-state index in [0.29, 0.717) is 6.61 Å². The molecule has 1 aromatic carbocycles. The van der Waals surface area contributed by atoms with Crippen molar-refractivity contribution in [1.29, 1.82) is 0 Å². The van der Waals surface area contributed by atoms with Crippen LogP contribution in [-0.2, 0) is 9.53 Å². The number of ether oxygens (including phenoxy) is 1. The van der Waals surface area contributed by atoms with Crippen molar-refractivity contribution in [2.45, 2.75) is 46.6 Å². The first kappa shape index (κ1) is 15.5. The van der Waals surface area contributed by atoms with Crippen LogP contribution in [0.25, 0.3) is 0 Å². The van der Waals surface area contributed by atoms with Crippen molar-refractivity contribution in [3.63, 3.8) is 0 Å². The molecule has 1 aromatic rings. The van der Waals surface area contributed by atoms with Gasteiger partial charge in [0.1, 0.15) is 6.61 Å². The van der Waals surface area contributed by atoms with Crippen LogP contribution >= 0.6 is 0 Å². The molecule has 0 bridgehead atoms. The van der Waals surface area contributed by atoms with Crippen molar-refractivity contribution in [3.05, 3.63) is 34.9 Å². The Morgan fingerprint density at radius 1 is 1.24 bits per heavy atom. The molecule has 4 nitrogen and oxygen atoms in total. The number of benzene rings is 1. The third kappa shape index (κ3) is 2.94. The monoisotopic (exact) mass is 289 g/mol. The summed E-state index contributed by atoms with van der Waals surface area (Å²) in [6.07, 6.45) is -0.519. The van der Waals surface area contributed by atoms with Crippen LogP contribution in [0.3, 0.4) is 0 Å². The Bertz CT molecular complexity index is 565. The molecule has 4 heteroatoms. The van der Waals surface area contributed by atoms with Gasteiger partial charge in [-0.25, -0.2) is 9.69 Å². The number of nitrogens with zero attached hydrogens (tertiary/aromatic N) is 1. The highest BCUT2D eigenvalue weighted by atomic mass is 16.6. The Morgan fingerprint density at radius 3 is 2.48 bits per heavy atom. The van der Waals surface area contributed by atoms with E-state index in [1.165, 1.54) is 10.5 Å². The average Bonchev–Trinajstić information content (AvgIpc) is 2.82. The minimum absolute atomic E-state index is 0.168. The number of rotatable bonds is 3. The maximum absolute atomic E-state index is 12.7. The van der Waals surface area contributed by atoms with E-state index in [9.17, 15) is 9.59 Å². The number of cyclic esters (lactones) is 1. The summed E-state index contributed by atoms with van der Waals surface area (Å²) in [6, 6.07) is 5.82. The van der Waals surface area contributed by atoms with Crippen molar-refractivity contribution < 1.29 is 14.3 Å². The number of carbonyl (C=O) groups excluding carboxylic acids is 2. The molecule has 0 saturated carbocycles. The summed E-state index contributed by atoms with van der Waals surface area (Å²) in [6.45, 7) is 10.2. The van der Waals surface area contributed by atoms with Crippen molar-refractivity contribution in [2.75, 3.05) is 6.61 Å². The summed E-state index contributed by atoms with van der Waals surface area (Å²) in [5.74, 6) is -0.344. The van der Waals surface area contributed by atoms with Gasteiger partial charge in [0.15, 0.2) is 0 Å². The minimum atomic E-state index is -0.519. The van der Waals surface area contributed by atoms with Crippen LogP contribution in [0.5, 0.6) is 0 Å². The molecule has 0 radical (unpaired) electrons. The summed E-state index contributed by atoms with van der Waals surface area (Å²) in [5.41, 5.74) is 3.28. The van der Waals surface area contributed by atoms with Gasteiger partial charge in [0.05, 0.1) is 12.0 Å². The second-order valence-electron chi connectivity index (χ2n) is 6.16. The van der Waals surface area contributed by atoms with Crippen LogP contribution in [-0.4, -0.2) is 29.5 Å². The van der Waals surface area contributed by atoms with Gasteiger partial charge in [-0.3, -0.25) is 4.79 Å². The topological polar surface area (TPSA) is 46.6 Å². The molecule has 2 atom stereocenters. The number of amides is 2. The van der Waals surface area contributed by atoms with Crippen LogP contribution in [0.15, 0.2) is 18.2 Å². The van der Waals surface area contributed by atoms with Crippen LogP contribution in [0.1, 0.15) is 43.4 Å². The summed E-state index contributed by atoms with van der Waals surface area (Å²) in [5, 5.41) is 0. The number of hydrogen-bond acceptors (Lipinski definition) is 3. The highest BCUT2D eigenvalue weighted by molar-refractivity contribution is 5.97. The Kier molecular flexibility index (Phi) is 4.35. The Morgan fingerprint density at radius 2 is 1.90 bits per heavy atom. The molecule has 0 unspecified atom stereocenters. The largest absolute Gasteiger partial charge is 0.447 e. The van der Waals surface area contributed by atoms with Crippen LogP contribution < -0.4 is 0 Å². The van der Waals surface area contributed by atoms with Crippen LogP contribution in [0, 0.1) is 19.8 Å². The third-order valence-electron chi connectivity index (χ3n) is 4.31. The molecule has 1 aliphatic heterocycles. The third-order valence-corrected chi connectivity index (χ3v) is 4.31. The molecule has 0 aromatic heterocycles. The summed E-state index contributed by atoms with van der Waals surface area (Å²) in [4.78, 5) is 25.9. The highest BCUT2D eigenvalue weighted by Crippen LogP contribution is 2.26. The quantitative estimate of drug-likeness (QED) is 0.856. The maximum atomic E-state index is 12.7. The van der Waals surface area contributed by atoms with Crippen LogP contribution in [0.4, 0.5) is 4.79 Å². The molecule has 0 N–H and O–H groups in total. The normalized spacial score (nSPS) is 19.8. The standard InChI is InChI=1S/C17H23NO3/c1-10(2)15-9-21-17(20)18(15)16(19)13(5)14-7-6-11(3)12(4)8-14/h6-8,10,13,15H,9H2,1-5H3/t13-,15+/m1/s1. The number of carbonyl (C=O) groups is 2. The predicted octanol–water partition coefficient (Wildman–Crippen LogP) is 3.41. The molecule has 114 valence electrons. The lowest BCUT2D eigenvalue weighted by Crippen LogP contribution is -2.43. The fourth-order valence-electron chi connectivity index (χ4n) is 2.57. The fraction of sp³-hybridized carbons (Fsp3) is 0.529. The zero-order valence-electron chi connectivity index (χ0n) is 13.3. The van der Waals surface area contributed by atoms with Gasteiger partial charge in [-0.1, -0.05) is 32.0 Å². The molecule has 1 saturated heterocycles. The smallest absolute Gasteiger partial charge is 0.417 e. The van der Waals surface area contributed by atoms with E-state index in [4.69, 9.17) is 4.74 Å². The second-order valence-corrected chi connectivity index (χ2v) is 6.16.